The standard InChI is InChI=1S/C26H21ClN2O5S/c1-2-3-12-33-17-9-6-15(7-10-17)22-21(23(30)19-5-4-13-34-19)24(31)25(32)29(22)26-28-18-11-8-16(27)14-20(18)35-26/h4-11,13-14,22,31H,2-3,12H2,1H3. The van der Waals surface area contributed by atoms with Gasteiger partial charge in [0.15, 0.2) is 16.7 Å². The first-order valence-electron chi connectivity index (χ1n) is 11.1. The fourth-order valence-electron chi connectivity index (χ4n) is 3.96. The van der Waals surface area contributed by atoms with E-state index in [9.17, 15) is 14.7 Å². The number of carbonyl (C=O) groups is 2. The van der Waals surface area contributed by atoms with Crippen molar-refractivity contribution in [3.05, 3.63) is 88.5 Å². The van der Waals surface area contributed by atoms with Crippen LogP contribution in [0.5, 0.6) is 5.75 Å². The van der Waals surface area contributed by atoms with E-state index >= 15 is 0 Å². The Bertz CT molecular complexity index is 1430. The number of unbranched alkanes of at least 4 members (excludes halogenated alkanes) is 1. The molecule has 7 nitrogen and oxygen atoms in total. The number of hydrogen-bond acceptors (Lipinski definition) is 7. The number of aliphatic hydroxyl groups is 1. The third kappa shape index (κ3) is 4.31. The second-order valence-corrected chi connectivity index (χ2v) is 9.47. The molecule has 0 fully saturated rings. The molecule has 1 unspecified atom stereocenters. The predicted molar refractivity (Wildman–Crippen MR) is 134 cm³/mol. The quantitative estimate of drug-likeness (QED) is 0.215. The summed E-state index contributed by atoms with van der Waals surface area (Å²) in [7, 11) is 0. The van der Waals surface area contributed by atoms with E-state index < -0.39 is 23.5 Å². The van der Waals surface area contributed by atoms with Crippen molar-refractivity contribution in [3.8, 4) is 5.75 Å². The van der Waals surface area contributed by atoms with Crippen molar-refractivity contribution in [1.82, 2.24) is 4.98 Å². The number of Topliss-reactive ketones (excluding diaryl/α,β-unsaturated/α-hetero) is 1. The molecule has 5 rings (SSSR count). The van der Waals surface area contributed by atoms with Crippen LogP contribution in [0, 0.1) is 0 Å². The molecule has 4 aromatic rings. The van der Waals surface area contributed by atoms with Gasteiger partial charge in [0.05, 0.1) is 34.7 Å². The molecule has 0 aliphatic carbocycles. The van der Waals surface area contributed by atoms with Crippen LogP contribution in [-0.2, 0) is 4.79 Å². The van der Waals surface area contributed by atoms with Crippen LogP contribution in [0.2, 0.25) is 5.02 Å². The zero-order valence-electron chi connectivity index (χ0n) is 18.7. The summed E-state index contributed by atoms with van der Waals surface area (Å²) in [5.74, 6) is -1.20. The lowest BCUT2D eigenvalue weighted by atomic mass is 9.95. The van der Waals surface area contributed by atoms with E-state index in [1.807, 2.05) is 0 Å². The molecular weight excluding hydrogens is 488 g/mol. The summed E-state index contributed by atoms with van der Waals surface area (Å²) >= 11 is 7.38. The van der Waals surface area contributed by atoms with Crippen LogP contribution in [-0.4, -0.2) is 28.4 Å². The molecule has 178 valence electrons. The SMILES string of the molecule is CCCCOc1ccc(C2C(C(=O)c3ccco3)=C(O)C(=O)N2c2nc3ccc(Cl)cc3s2)cc1. The fourth-order valence-corrected chi connectivity index (χ4v) is 5.23. The van der Waals surface area contributed by atoms with Crippen LogP contribution in [0.3, 0.4) is 0 Å². The van der Waals surface area contributed by atoms with Crippen molar-refractivity contribution in [2.75, 3.05) is 11.5 Å². The third-order valence-electron chi connectivity index (χ3n) is 5.71. The minimum Gasteiger partial charge on any atom is -0.503 e. The van der Waals surface area contributed by atoms with Crippen molar-refractivity contribution < 1.29 is 23.8 Å². The molecule has 1 atom stereocenters. The van der Waals surface area contributed by atoms with Gasteiger partial charge in [0.25, 0.3) is 5.91 Å². The van der Waals surface area contributed by atoms with Crippen molar-refractivity contribution in [1.29, 1.82) is 0 Å². The number of amides is 1. The summed E-state index contributed by atoms with van der Waals surface area (Å²) in [6.07, 6.45) is 3.33. The van der Waals surface area contributed by atoms with E-state index in [0.29, 0.717) is 33.6 Å². The first-order valence-corrected chi connectivity index (χ1v) is 12.3. The number of hydrogen-bond donors (Lipinski definition) is 1. The van der Waals surface area contributed by atoms with Gasteiger partial charge in [0.1, 0.15) is 5.75 Å². The number of rotatable bonds is 8. The molecule has 0 saturated carbocycles. The van der Waals surface area contributed by atoms with E-state index in [1.165, 1.54) is 28.6 Å². The highest BCUT2D eigenvalue weighted by molar-refractivity contribution is 7.22. The van der Waals surface area contributed by atoms with Crippen molar-refractivity contribution in [3.63, 3.8) is 0 Å². The first-order chi connectivity index (χ1) is 17.0. The second-order valence-electron chi connectivity index (χ2n) is 8.03. The number of anilines is 1. The normalized spacial score (nSPS) is 15.9. The zero-order chi connectivity index (χ0) is 24.5. The number of fused-ring (bicyclic) bond motifs is 1. The molecule has 0 radical (unpaired) electrons. The fraction of sp³-hybridized carbons (Fsp3) is 0.192. The molecule has 1 amide bonds. The highest BCUT2D eigenvalue weighted by Gasteiger charge is 2.46. The van der Waals surface area contributed by atoms with E-state index in [-0.39, 0.29) is 11.3 Å². The Kier molecular flexibility index (Phi) is 6.32. The molecule has 9 heteroatoms. The van der Waals surface area contributed by atoms with Gasteiger partial charge in [-0.05, 0) is 54.4 Å². The number of halogens is 1. The summed E-state index contributed by atoms with van der Waals surface area (Å²) in [6.45, 7) is 2.69. The van der Waals surface area contributed by atoms with Crippen molar-refractivity contribution >= 4 is 50.0 Å². The van der Waals surface area contributed by atoms with Gasteiger partial charge in [-0.2, -0.15) is 0 Å². The summed E-state index contributed by atoms with van der Waals surface area (Å²) in [5, 5.41) is 11.8. The van der Waals surface area contributed by atoms with Gasteiger partial charge in [-0.15, -0.1) is 0 Å². The summed E-state index contributed by atoms with van der Waals surface area (Å²) in [4.78, 5) is 32.6. The average molecular weight is 509 g/mol. The van der Waals surface area contributed by atoms with Gasteiger partial charge in [-0.25, -0.2) is 4.98 Å². The molecule has 1 aliphatic heterocycles. The Morgan fingerprint density at radius 2 is 2.03 bits per heavy atom. The minimum absolute atomic E-state index is 0.0294. The Morgan fingerprint density at radius 1 is 1.23 bits per heavy atom. The third-order valence-corrected chi connectivity index (χ3v) is 6.96. The van der Waals surface area contributed by atoms with Crippen LogP contribution in [0.25, 0.3) is 10.2 Å². The smallest absolute Gasteiger partial charge is 0.296 e. The van der Waals surface area contributed by atoms with Crippen molar-refractivity contribution in [2.24, 2.45) is 0 Å². The van der Waals surface area contributed by atoms with Crippen LogP contribution in [0.15, 0.2) is 76.6 Å². The van der Waals surface area contributed by atoms with E-state index in [0.717, 1.165) is 17.5 Å². The molecule has 0 bridgehead atoms. The molecule has 0 spiro atoms. The van der Waals surface area contributed by atoms with Crippen LogP contribution >= 0.6 is 22.9 Å². The summed E-state index contributed by atoms with van der Waals surface area (Å²) < 4.78 is 11.8. The molecule has 3 heterocycles. The first kappa shape index (κ1) is 23.1. The Balaban J connectivity index is 1.59. The highest BCUT2D eigenvalue weighted by atomic mass is 35.5. The minimum atomic E-state index is -0.902. The van der Waals surface area contributed by atoms with E-state index in [1.54, 1.807) is 48.5 Å². The molecule has 0 saturated heterocycles. The lowest BCUT2D eigenvalue weighted by molar-refractivity contribution is -0.117. The Morgan fingerprint density at radius 3 is 2.74 bits per heavy atom. The lowest BCUT2D eigenvalue weighted by Crippen LogP contribution is -2.30. The molecule has 1 N–H and O–H groups in total. The highest BCUT2D eigenvalue weighted by Crippen LogP contribution is 2.44. The van der Waals surface area contributed by atoms with Gasteiger partial charge in [-0.3, -0.25) is 14.5 Å². The molecule has 1 aliphatic rings. The molecular formula is C26H21ClN2O5S. The predicted octanol–water partition coefficient (Wildman–Crippen LogP) is 6.50. The van der Waals surface area contributed by atoms with Gasteiger partial charge in [0.2, 0.25) is 5.78 Å². The summed E-state index contributed by atoms with van der Waals surface area (Å²) in [5.41, 5.74) is 1.21. The number of aliphatic hydroxyl groups excluding tert-OH is 1. The number of nitrogens with zero attached hydrogens (tertiary/aromatic N) is 2. The number of ketones is 1. The Labute approximate surface area is 210 Å². The molecule has 2 aromatic carbocycles. The van der Waals surface area contributed by atoms with E-state index in [4.69, 9.17) is 20.8 Å². The number of aromatic nitrogens is 1. The van der Waals surface area contributed by atoms with E-state index in [2.05, 4.69) is 11.9 Å². The number of furan rings is 1. The van der Waals surface area contributed by atoms with Gasteiger partial charge in [-0.1, -0.05) is 48.4 Å². The summed E-state index contributed by atoms with van der Waals surface area (Å²) in [6, 6.07) is 14.6. The van der Waals surface area contributed by atoms with Crippen LogP contribution in [0.4, 0.5) is 5.13 Å². The van der Waals surface area contributed by atoms with Gasteiger partial charge >= 0.3 is 0 Å². The lowest BCUT2D eigenvalue weighted by Gasteiger charge is -2.24. The largest absolute Gasteiger partial charge is 0.503 e. The van der Waals surface area contributed by atoms with Crippen molar-refractivity contribution in [2.45, 2.75) is 25.8 Å². The van der Waals surface area contributed by atoms with Gasteiger partial charge in [0, 0.05) is 5.02 Å². The van der Waals surface area contributed by atoms with Crippen LogP contribution < -0.4 is 9.64 Å². The number of carbonyl (C=O) groups excluding carboxylic acids is 2. The maximum Gasteiger partial charge on any atom is 0.296 e. The maximum absolute atomic E-state index is 13.3. The Hall–Kier alpha value is -3.62. The topological polar surface area (TPSA) is 92.9 Å². The maximum atomic E-state index is 13.3. The van der Waals surface area contributed by atoms with Gasteiger partial charge < -0.3 is 14.3 Å². The number of ether oxygens (including phenoxy) is 1. The number of benzene rings is 2. The molecule has 35 heavy (non-hydrogen) atoms. The molecule has 2 aromatic heterocycles. The van der Waals surface area contributed by atoms with Crippen LogP contribution in [0.1, 0.15) is 41.9 Å². The average Bonchev–Trinajstić information content (AvgIpc) is 3.58. The monoisotopic (exact) mass is 508 g/mol. The number of thiazole rings is 1. The second kappa shape index (κ2) is 9.56. The zero-order valence-corrected chi connectivity index (χ0v) is 20.3.